The zero-order valence-corrected chi connectivity index (χ0v) is 16.0. The second kappa shape index (κ2) is 10.6. The highest BCUT2D eigenvalue weighted by Gasteiger charge is 2.35. The summed E-state index contributed by atoms with van der Waals surface area (Å²) in [6.45, 7) is 4.81. The number of carbonyl (C=O) groups excluding carboxylic acids is 2. The summed E-state index contributed by atoms with van der Waals surface area (Å²) in [6, 6.07) is 0. The minimum Gasteiger partial charge on any atom is -0.462 e. The fraction of sp³-hybridized carbons (Fsp3) is 0.810. The quantitative estimate of drug-likeness (QED) is 0.458. The van der Waals surface area contributed by atoms with Gasteiger partial charge >= 0.3 is 11.9 Å². The maximum Gasteiger partial charge on any atom is 0.334 e. The summed E-state index contributed by atoms with van der Waals surface area (Å²) in [6.07, 6.45) is 11.2. The molecule has 0 aromatic rings. The van der Waals surface area contributed by atoms with Gasteiger partial charge in [-0.1, -0.05) is 46.0 Å². The van der Waals surface area contributed by atoms with E-state index in [4.69, 9.17) is 9.47 Å². The first-order valence-electron chi connectivity index (χ1n) is 10.3. The Hall–Kier alpha value is -1.32. The highest BCUT2D eigenvalue weighted by atomic mass is 16.5. The SMILES string of the molecule is CCCOC(=O)/C(=C(\C(=O)OCCC)C1CCCC1)C1CCCCC1. The molecule has 0 atom stereocenters. The summed E-state index contributed by atoms with van der Waals surface area (Å²) in [5.74, 6) is -0.231. The molecule has 4 nitrogen and oxygen atoms in total. The van der Waals surface area contributed by atoms with Crippen molar-refractivity contribution in [1.29, 1.82) is 0 Å². The summed E-state index contributed by atoms with van der Waals surface area (Å²) in [5, 5.41) is 0. The molecule has 4 heteroatoms. The van der Waals surface area contributed by atoms with Crippen LogP contribution in [0.4, 0.5) is 0 Å². The van der Waals surface area contributed by atoms with Gasteiger partial charge in [-0.2, -0.15) is 0 Å². The zero-order valence-electron chi connectivity index (χ0n) is 16.0. The first-order chi connectivity index (χ1) is 12.2. The molecule has 142 valence electrons. The molecule has 0 aliphatic heterocycles. The van der Waals surface area contributed by atoms with Gasteiger partial charge in [-0.25, -0.2) is 9.59 Å². The summed E-state index contributed by atoms with van der Waals surface area (Å²) >= 11 is 0. The lowest BCUT2D eigenvalue weighted by Gasteiger charge is -2.27. The second-order valence-electron chi connectivity index (χ2n) is 7.42. The van der Waals surface area contributed by atoms with E-state index >= 15 is 0 Å². The Kier molecular flexibility index (Phi) is 8.50. The molecule has 2 saturated carbocycles. The Balaban J connectivity index is 2.37. The first-order valence-corrected chi connectivity index (χ1v) is 10.3. The van der Waals surface area contributed by atoms with Crippen LogP contribution >= 0.6 is 0 Å². The molecule has 0 amide bonds. The molecule has 25 heavy (non-hydrogen) atoms. The van der Waals surface area contributed by atoms with Crippen molar-refractivity contribution in [1.82, 2.24) is 0 Å². The fourth-order valence-electron chi connectivity index (χ4n) is 4.14. The monoisotopic (exact) mass is 350 g/mol. The standard InChI is InChI=1S/C21H34O4/c1-3-14-24-20(22)18(16-10-6-5-7-11-16)19(17-12-8-9-13-17)21(23)25-15-4-2/h16-17H,3-15H2,1-2H3/b19-18-. The van der Waals surface area contributed by atoms with Crippen LogP contribution in [-0.4, -0.2) is 25.2 Å². The Morgan fingerprint density at radius 2 is 1.04 bits per heavy atom. The van der Waals surface area contributed by atoms with Gasteiger partial charge in [0.15, 0.2) is 0 Å². The first kappa shape index (κ1) is 20.0. The van der Waals surface area contributed by atoms with E-state index in [1.807, 2.05) is 13.8 Å². The topological polar surface area (TPSA) is 52.6 Å². The van der Waals surface area contributed by atoms with Gasteiger partial charge in [0.25, 0.3) is 0 Å². The molecule has 2 aliphatic rings. The molecule has 2 aliphatic carbocycles. The second-order valence-corrected chi connectivity index (χ2v) is 7.42. The van der Waals surface area contributed by atoms with Gasteiger partial charge in [-0.05, 0) is 50.4 Å². The predicted octanol–water partition coefficient (Wildman–Crippen LogP) is 4.96. The smallest absolute Gasteiger partial charge is 0.334 e. The van der Waals surface area contributed by atoms with Crippen molar-refractivity contribution in [2.24, 2.45) is 11.8 Å². The number of hydrogen-bond acceptors (Lipinski definition) is 4. The Morgan fingerprint density at radius 1 is 0.680 bits per heavy atom. The lowest BCUT2D eigenvalue weighted by Crippen LogP contribution is -2.27. The Morgan fingerprint density at radius 3 is 1.40 bits per heavy atom. The van der Waals surface area contributed by atoms with Gasteiger partial charge in [0.05, 0.1) is 24.4 Å². The van der Waals surface area contributed by atoms with Gasteiger partial charge < -0.3 is 9.47 Å². The molecule has 0 aromatic carbocycles. The largest absolute Gasteiger partial charge is 0.462 e. The lowest BCUT2D eigenvalue weighted by molar-refractivity contribution is -0.143. The van der Waals surface area contributed by atoms with Crippen molar-refractivity contribution < 1.29 is 19.1 Å². The molecule has 0 heterocycles. The fourth-order valence-corrected chi connectivity index (χ4v) is 4.14. The van der Waals surface area contributed by atoms with Crippen molar-refractivity contribution in [3.63, 3.8) is 0 Å². The van der Waals surface area contributed by atoms with Gasteiger partial charge in [0, 0.05) is 0 Å². The molecular formula is C21H34O4. The van der Waals surface area contributed by atoms with E-state index < -0.39 is 0 Å². The van der Waals surface area contributed by atoms with Crippen LogP contribution in [-0.2, 0) is 19.1 Å². The van der Waals surface area contributed by atoms with E-state index in [1.54, 1.807) is 0 Å². The molecule has 2 rings (SSSR count). The number of hydrogen-bond donors (Lipinski definition) is 0. The third kappa shape index (κ3) is 5.58. The molecule has 0 unspecified atom stereocenters. The van der Waals surface area contributed by atoms with Crippen LogP contribution in [0.15, 0.2) is 11.1 Å². The summed E-state index contributed by atoms with van der Waals surface area (Å²) in [4.78, 5) is 25.8. The van der Waals surface area contributed by atoms with Crippen LogP contribution in [0.25, 0.3) is 0 Å². The summed E-state index contributed by atoms with van der Waals surface area (Å²) in [5.41, 5.74) is 1.31. The third-order valence-electron chi connectivity index (χ3n) is 5.38. The Labute approximate surface area is 152 Å². The number of esters is 2. The zero-order chi connectivity index (χ0) is 18.1. The van der Waals surface area contributed by atoms with Gasteiger partial charge in [0.2, 0.25) is 0 Å². The van der Waals surface area contributed by atoms with Crippen LogP contribution < -0.4 is 0 Å². The minimum atomic E-state index is -0.275. The lowest BCUT2D eigenvalue weighted by atomic mass is 9.79. The van der Waals surface area contributed by atoms with Crippen LogP contribution in [0.2, 0.25) is 0 Å². The van der Waals surface area contributed by atoms with Crippen LogP contribution in [0.3, 0.4) is 0 Å². The van der Waals surface area contributed by atoms with E-state index in [-0.39, 0.29) is 23.8 Å². The van der Waals surface area contributed by atoms with Crippen molar-refractivity contribution in [3.05, 3.63) is 11.1 Å². The highest BCUT2D eigenvalue weighted by molar-refractivity contribution is 6.01. The van der Waals surface area contributed by atoms with Crippen molar-refractivity contribution in [2.45, 2.75) is 84.5 Å². The highest BCUT2D eigenvalue weighted by Crippen LogP contribution is 2.39. The Bertz CT molecular complexity index is 468. The predicted molar refractivity (Wildman–Crippen MR) is 98.1 cm³/mol. The molecule has 0 radical (unpaired) electrons. The van der Waals surface area contributed by atoms with E-state index in [0.29, 0.717) is 24.4 Å². The van der Waals surface area contributed by atoms with Crippen molar-refractivity contribution in [2.75, 3.05) is 13.2 Å². The molecule has 0 aromatic heterocycles. The third-order valence-corrected chi connectivity index (χ3v) is 5.38. The normalized spacial score (nSPS) is 20.2. The van der Waals surface area contributed by atoms with Gasteiger partial charge in [-0.15, -0.1) is 0 Å². The minimum absolute atomic E-state index is 0.155. The molecular weight excluding hydrogens is 316 g/mol. The van der Waals surface area contributed by atoms with Crippen LogP contribution in [0, 0.1) is 11.8 Å². The van der Waals surface area contributed by atoms with Crippen LogP contribution in [0.1, 0.15) is 84.5 Å². The molecule has 0 N–H and O–H groups in total. The maximum absolute atomic E-state index is 12.9. The molecule has 0 saturated heterocycles. The van der Waals surface area contributed by atoms with E-state index in [9.17, 15) is 9.59 Å². The van der Waals surface area contributed by atoms with Gasteiger partial charge in [-0.3, -0.25) is 0 Å². The van der Waals surface area contributed by atoms with Gasteiger partial charge in [0.1, 0.15) is 0 Å². The summed E-state index contributed by atoms with van der Waals surface area (Å²) in [7, 11) is 0. The number of ether oxygens (including phenoxy) is 2. The molecule has 2 fully saturated rings. The van der Waals surface area contributed by atoms with E-state index in [1.165, 1.54) is 6.42 Å². The van der Waals surface area contributed by atoms with E-state index in [2.05, 4.69) is 0 Å². The average Bonchev–Trinajstić information content (AvgIpc) is 3.16. The van der Waals surface area contributed by atoms with E-state index in [0.717, 1.165) is 64.2 Å². The molecule has 0 bridgehead atoms. The maximum atomic E-state index is 12.9. The number of rotatable bonds is 8. The molecule has 0 spiro atoms. The summed E-state index contributed by atoms with van der Waals surface area (Å²) < 4.78 is 11.0. The van der Waals surface area contributed by atoms with Crippen molar-refractivity contribution >= 4 is 11.9 Å². The van der Waals surface area contributed by atoms with Crippen molar-refractivity contribution in [3.8, 4) is 0 Å². The average molecular weight is 350 g/mol. The number of carbonyl (C=O) groups is 2. The van der Waals surface area contributed by atoms with Crippen LogP contribution in [0.5, 0.6) is 0 Å².